The summed E-state index contributed by atoms with van der Waals surface area (Å²) in [5.74, 6) is 0.155. The second-order valence-electron chi connectivity index (χ2n) is 7.36. The van der Waals surface area contributed by atoms with Crippen LogP contribution in [-0.2, 0) is 14.4 Å². The van der Waals surface area contributed by atoms with Gasteiger partial charge in [-0.2, -0.15) is 0 Å². The molecule has 0 spiro atoms. The molecule has 1 saturated heterocycles. The molecule has 1 aromatic heterocycles. The van der Waals surface area contributed by atoms with Crippen LogP contribution in [0.1, 0.15) is 6.92 Å². The number of piperazine rings is 1. The highest BCUT2D eigenvalue weighted by atomic mass is 35.5. The van der Waals surface area contributed by atoms with Gasteiger partial charge in [-0.3, -0.25) is 19.3 Å². The predicted octanol–water partition coefficient (Wildman–Crippen LogP) is 2.47. The Kier molecular flexibility index (Phi) is 6.02. The molecule has 2 aromatic rings. The smallest absolute Gasteiger partial charge is 0.266 e. The van der Waals surface area contributed by atoms with Crippen LogP contribution in [-0.4, -0.2) is 71.8 Å². The van der Waals surface area contributed by atoms with E-state index in [1.165, 1.54) is 11.8 Å². The molecule has 2 aliphatic heterocycles. The molecule has 0 bridgehead atoms. The van der Waals surface area contributed by atoms with Crippen LogP contribution in [0.25, 0.3) is 11.1 Å². The van der Waals surface area contributed by atoms with Crippen LogP contribution in [0.3, 0.4) is 0 Å². The van der Waals surface area contributed by atoms with Crippen LogP contribution in [0.4, 0.5) is 5.82 Å². The number of ether oxygens (including phenoxy) is 1. The van der Waals surface area contributed by atoms with Gasteiger partial charge in [-0.25, -0.2) is 4.98 Å². The molecule has 0 aliphatic carbocycles. The van der Waals surface area contributed by atoms with Gasteiger partial charge in [0.15, 0.2) is 18.2 Å². The molecular weight excluding hydrogens is 443 g/mol. The number of carbonyl (C=O) groups excluding carboxylic acids is 3. The lowest BCUT2D eigenvalue weighted by Gasteiger charge is -2.36. The maximum absolute atomic E-state index is 12.8. The molecule has 3 heterocycles. The summed E-state index contributed by atoms with van der Waals surface area (Å²) in [7, 11) is 0. The number of aromatic nitrogens is 1. The van der Waals surface area contributed by atoms with Gasteiger partial charge in [0.05, 0.1) is 0 Å². The molecule has 2 aliphatic rings. The van der Waals surface area contributed by atoms with E-state index < -0.39 is 0 Å². The van der Waals surface area contributed by atoms with Crippen LogP contribution in [0.15, 0.2) is 30.5 Å². The van der Waals surface area contributed by atoms with Gasteiger partial charge in [0.25, 0.3) is 5.91 Å². The van der Waals surface area contributed by atoms with Gasteiger partial charge in [0.2, 0.25) is 11.8 Å². The number of hydrogen-bond donors (Lipinski definition) is 0. The van der Waals surface area contributed by atoms with Gasteiger partial charge in [-0.1, -0.05) is 23.2 Å². The van der Waals surface area contributed by atoms with Crippen molar-refractivity contribution >= 4 is 46.7 Å². The zero-order valence-corrected chi connectivity index (χ0v) is 18.3. The number of anilines is 1. The van der Waals surface area contributed by atoms with E-state index in [0.717, 1.165) is 11.1 Å². The van der Waals surface area contributed by atoms with E-state index in [9.17, 15) is 14.4 Å². The first-order chi connectivity index (χ1) is 14.8. The SMILES string of the molecule is CC(=O)N1CCN(C(=O)CN2C(=O)COc3cc(-c4cc(Cl)cc(Cl)c4)cnc32)CC1. The van der Waals surface area contributed by atoms with Crippen LogP contribution < -0.4 is 9.64 Å². The second-order valence-corrected chi connectivity index (χ2v) is 8.23. The first-order valence-electron chi connectivity index (χ1n) is 9.75. The summed E-state index contributed by atoms with van der Waals surface area (Å²) >= 11 is 12.2. The van der Waals surface area contributed by atoms with Crippen molar-refractivity contribution < 1.29 is 19.1 Å². The largest absolute Gasteiger partial charge is 0.480 e. The lowest BCUT2D eigenvalue weighted by molar-refractivity contribution is -0.138. The Morgan fingerprint density at radius 1 is 1.00 bits per heavy atom. The average molecular weight is 463 g/mol. The van der Waals surface area contributed by atoms with E-state index in [0.29, 0.717) is 47.8 Å². The Balaban J connectivity index is 1.52. The first-order valence-corrected chi connectivity index (χ1v) is 10.5. The quantitative estimate of drug-likeness (QED) is 0.699. The van der Waals surface area contributed by atoms with Gasteiger partial charge < -0.3 is 14.5 Å². The fourth-order valence-corrected chi connectivity index (χ4v) is 4.16. The van der Waals surface area contributed by atoms with Gasteiger partial charge in [0.1, 0.15) is 6.54 Å². The van der Waals surface area contributed by atoms with E-state index in [4.69, 9.17) is 27.9 Å². The molecule has 31 heavy (non-hydrogen) atoms. The van der Waals surface area contributed by atoms with Crippen LogP contribution in [0, 0.1) is 0 Å². The molecule has 8 nitrogen and oxygen atoms in total. The number of hydrogen-bond acceptors (Lipinski definition) is 5. The molecular formula is C21H20Cl2N4O4. The minimum atomic E-state index is -0.339. The highest BCUT2D eigenvalue weighted by Gasteiger charge is 2.31. The van der Waals surface area contributed by atoms with Crippen molar-refractivity contribution in [1.82, 2.24) is 14.8 Å². The van der Waals surface area contributed by atoms with Crippen molar-refractivity contribution in [2.24, 2.45) is 0 Å². The van der Waals surface area contributed by atoms with E-state index in [-0.39, 0.29) is 30.9 Å². The predicted molar refractivity (Wildman–Crippen MR) is 116 cm³/mol. The van der Waals surface area contributed by atoms with Gasteiger partial charge in [-0.15, -0.1) is 0 Å². The maximum atomic E-state index is 12.8. The minimum absolute atomic E-state index is 0.00891. The van der Waals surface area contributed by atoms with E-state index in [1.54, 1.807) is 40.3 Å². The van der Waals surface area contributed by atoms with Crippen LogP contribution >= 0.6 is 23.2 Å². The second kappa shape index (κ2) is 8.72. The van der Waals surface area contributed by atoms with Crippen molar-refractivity contribution in [3.05, 3.63) is 40.5 Å². The van der Waals surface area contributed by atoms with E-state index in [1.807, 2.05) is 0 Å². The number of benzene rings is 1. The number of fused-ring (bicyclic) bond motifs is 1. The number of halogens is 2. The lowest BCUT2D eigenvalue weighted by atomic mass is 10.1. The molecule has 1 fully saturated rings. The van der Waals surface area contributed by atoms with E-state index in [2.05, 4.69) is 4.98 Å². The Bertz CT molecular complexity index is 1030. The Morgan fingerprint density at radius 3 is 2.29 bits per heavy atom. The highest BCUT2D eigenvalue weighted by Crippen LogP contribution is 2.35. The number of rotatable bonds is 3. The van der Waals surface area contributed by atoms with Crippen molar-refractivity contribution in [2.75, 3.05) is 44.2 Å². The standard InChI is InChI=1S/C21H20Cl2N4O4/c1-13(28)25-2-4-26(5-3-25)19(29)11-27-20(30)12-31-18-8-15(10-24-21(18)27)14-6-16(22)9-17(23)7-14/h6-10H,2-5,11-12H2,1H3. The number of nitrogens with zero attached hydrogens (tertiary/aromatic N) is 4. The Morgan fingerprint density at radius 2 is 1.65 bits per heavy atom. The Labute approximate surface area is 189 Å². The average Bonchev–Trinajstić information content (AvgIpc) is 2.74. The zero-order valence-electron chi connectivity index (χ0n) is 16.8. The number of pyridine rings is 1. The van der Waals surface area contributed by atoms with Crippen molar-refractivity contribution in [2.45, 2.75) is 6.92 Å². The monoisotopic (exact) mass is 462 g/mol. The summed E-state index contributed by atoms with van der Waals surface area (Å²) < 4.78 is 5.57. The molecule has 1 aromatic carbocycles. The van der Waals surface area contributed by atoms with E-state index >= 15 is 0 Å². The third-order valence-corrected chi connectivity index (χ3v) is 5.74. The number of amides is 3. The summed E-state index contributed by atoms with van der Waals surface area (Å²) in [4.78, 5) is 45.8. The fourth-order valence-electron chi connectivity index (χ4n) is 3.63. The van der Waals surface area contributed by atoms with Crippen LogP contribution in [0.5, 0.6) is 5.75 Å². The minimum Gasteiger partial charge on any atom is -0.480 e. The van der Waals surface area contributed by atoms with Crippen molar-refractivity contribution in [1.29, 1.82) is 0 Å². The van der Waals surface area contributed by atoms with Crippen LogP contribution in [0.2, 0.25) is 10.0 Å². The molecule has 3 amide bonds. The number of carbonyl (C=O) groups is 3. The summed E-state index contributed by atoms with van der Waals surface area (Å²) in [6, 6.07) is 6.90. The van der Waals surface area contributed by atoms with Gasteiger partial charge in [-0.05, 0) is 29.8 Å². The zero-order chi connectivity index (χ0) is 22.1. The molecule has 0 saturated carbocycles. The third-order valence-electron chi connectivity index (χ3n) is 5.31. The molecule has 0 unspecified atom stereocenters. The molecule has 162 valence electrons. The fraction of sp³-hybridized carbons (Fsp3) is 0.333. The molecule has 0 atom stereocenters. The summed E-state index contributed by atoms with van der Waals surface area (Å²) in [6.07, 6.45) is 1.59. The molecule has 0 radical (unpaired) electrons. The highest BCUT2D eigenvalue weighted by molar-refractivity contribution is 6.35. The first kappa shape index (κ1) is 21.4. The lowest BCUT2D eigenvalue weighted by Crippen LogP contribution is -2.53. The topological polar surface area (TPSA) is 83.1 Å². The third kappa shape index (κ3) is 4.60. The summed E-state index contributed by atoms with van der Waals surface area (Å²) in [5.41, 5.74) is 1.49. The molecule has 10 heteroatoms. The van der Waals surface area contributed by atoms with Crippen molar-refractivity contribution in [3.8, 4) is 16.9 Å². The summed E-state index contributed by atoms with van der Waals surface area (Å²) in [5, 5.41) is 0.988. The van der Waals surface area contributed by atoms with Crippen molar-refractivity contribution in [3.63, 3.8) is 0 Å². The Hall–Kier alpha value is -2.84. The molecule has 4 rings (SSSR count). The van der Waals surface area contributed by atoms with Gasteiger partial charge >= 0.3 is 0 Å². The normalized spacial score (nSPS) is 16.1. The maximum Gasteiger partial charge on any atom is 0.266 e. The van der Waals surface area contributed by atoms with Gasteiger partial charge in [0, 0.05) is 54.9 Å². The summed E-state index contributed by atoms with van der Waals surface area (Å²) in [6.45, 7) is 3.04. The molecule has 0 N–H and O–H groups in total.